The van der Waals surface area contributed by atoms with E-state index in [1.165, 1.54) is 5.56 Å². The minimum atomic E-state index is -0.619. The number of benzene rings is 2. The van der Waals surface area contributed by atoms with Crippen LogP contribution in [0.4, 0.5) is 5.69 Å². The van der Waals surface area contributed by atoms with Crippen molar-refractivity contribution in [1.29, 1.82) is 0 Å². The molecule has 0 aromatic heterocycles. The number of amides is 1. The summed E-state index contributed by atoms with van der Waals surface area (Å²) < 4.78 is 21.5. The van der Waals surface area contributed by atoms with Crippen LogP contribution in [0.5, 0.6) is 17.2 Å². The van der Waals surface area contributed by atoms with Crippen LogP contribution < -0.4 is 19.5 Å². The smallest absolute Gasteiger partial charge is 0.344 e. The lowest BCUT2D eigenvalue weighted by atomic mass is 10.0. The van der Waals surface area contributed by atoms with Crippen LogP contribution in [0.1, 0.15) is 31.7 Å². The highest BCUT2D eigenvalue weighted by Crippen LogP contribution is 2.32. The largest absolute Gasteiger partial charge is 0.490 e. The summed E-state index contributed by atoms with van der Waals surface area (Å²) in [4.78, 5) is 23.8. The van der Waals surface area contributed by atoms with Gasteiger partial charge in [-0.05, 0) is 35.7 Å². The van der Waals surface area contributed by atoms with Crippen LogP contribution in [0.2, 0.25) is 0 Å². The third-order valence-electron chi connectivity index (χ3n) is 4.30. The highest BCUT2D eigenvalue weighted by atomic mass is 16.6. The van der Waals surface area contributed by atoms with Crippen molar-refractivity contribution in [3.63, 3.8) is 0 Å². The second-order valence-corrected chi connectivity index (χ2v) is 6.93. The molecule has 0 spiro atoms. The first-order chi connectivity index (χ1) is 14.0. The second kappa shape index (κ2) is 9.82. The Kier molecular flexibility index (Phi) is 6.94. The zero-order valence-electron chi connectivity index (χ0n) is 16.6. The van der Waals surface area contributed by atoms with E-state index in [1.807, 2.05) is 12.1 Å². The molecule has 0 aliphatic carbocycles. The fraction of sp³-hybridized carbons (Fsp3) is 0.364. The molecule has 2 aromatic carbocycles. The molecule has 0 saturated carbocycles. The van der Waals surface area contributed by atoms with Crippen molar-refractivity contribution < 1.29 is 28.5 Å². The molecule has 3 rings (SSSR count). The van der Waals surface area contributed by atoms with Crippen molar-refractivity contribution in [3.05, 3.63) is 48.0 Å². The molecular formula is C22H25NO6. The van der Waals surface area contributed by atoms with E-state index in [4.69, 9.17) is 18.9 Å². The maximum atomic E-state index is 12.0. The Morgan fingerprint density at radius 1 is 1.00 bits per heavy atom. The molecule has 0 radical (unpaired) electrons. The molecule has 29 heavy (non-hydrogen) atoms. The predicted octanol–water partition coefficient (Wildman–Crippen LogP) is 3.53. The molecule has 1 N–H and O–H groups in total. The van der Waals surface area contributed by atoms with Gasteiger partial charge in [-0.1, -0.05) is 26.0 Å². The number of anilines is 1. The number of ether oxygens (including phenoxy) is 4. The first-order valence-corrected chi connectivity index (χ1v) is 9.59. The van der Waals surface area contributed by atoms with E-state index >= 15 is 0 Å². The van der Waals surface area contributed by atoms with Crippen molar-refractivity contribution in [2.45, 2.75) is 26.2 Å². The van der Waals surface area contributed by atoms with E-state index in [2.05, 4.69) is 19.2 Å². The van der Waals surface area contributed by atoms with Crippen LogP contribution in [0.15, 0.2) is 42.5 Å². The van der Waals surface area contributed by atoms with E-state index in [-0.39, 0.29) is 6.61 Å². The molecule has 7 heteroatoms. The molecule has 0 bridgehead atoms. The molecule has 0 unspecified atom stereocenters. The molecule has 0 atom stereocenters. The van der Waals surface area contributed by atoms with E-state index in [0.717, 1.165) is 6.42 Å². The molecule has 1 aliphatic heterocycles. The van der Waals surface area contributed by atoms with E-state index in [9.17, 15) is 9.59 Å². The summed E-state index contributed by atoms with van der Waals surface area (Å²) in [6.07, 6.45) is 0.802. The molecule has 1 heterocycles. The predicted molar refractivity (Wildman–Crippen MR) is 108 cm³/mol. The summed E-state index contributed by atoms with van der Waals surface area (Å²) in [5, 5.41) is 2.67. The number of hydrogen-bond donors (Lipinski definition) is 1. The van der Waals surface area contributed by atoms with Crippen LogP contribution >= 0.6 is 0 Å². The van der Waals surface area contributed by atoms with Gasteiger partial charge in [0.1, 0.15) is 5.75 Å². The number of carbonyl (C=O) groups excluding carboxylic acids is 2. The van der Waals surface area contributed by atoms with Crippen LogP contribution in [-0.4, -0.2) is 38.3 Å². The number of esters is 1. The number of carbonyl (C=O) groups is 2. The summed E-state index contributed by atoms with van der Waals surface area (Å²) in [6, 6.07) is 12.6. The van der Waals surface area contributed by atoms with Gasteiger partial charge >= 0.3 is 5.97 Å². The SMILES string of the molecule is CC(C)c1ccc(OCC(=O)OCC(=O)Nc2ccc3c(c2)OCCCO3)cc1. The Morgan fingerprint density at radius 3 is 2.45 bits per heavy atom. The van der Waals surface area contributed by atoms with Gasteiger partial charge in [0.05, 0.1) is 13.2 Å². The lowest BCUT2D eigenvalue weighted by Gasteiger charge is -2.11. The zero-order valence-corrected chi connectivity index (χ0v) is 16.6. The average molecular weight is 399 g/mol. The standard InChI is InChI=1S/C22H25NO6/c1-15(2)16-4-7-18(8-5-16)28-14-22(25)29-13-21(24)23-17-6-9-19-20(12-17)27-11-3-10-26-19/h4-9,12,15H,3,10-11,13-14H2,1-2H3,(H,23,24). The van der Waals surface area contributed by atoms with Crippen molar-refractivity contribution in [2.24, 2.45) is 0 Å². The number of nitrogens with one attached hydrogen (secondary N) is 1. The molecule has 154 valence electrons. The van der Waals surface area contributed by atoms with Crippen LogP contribution in [-0.2, 0) is 14.3 Å². The van der Waals surface area contributed by atoms with Gasteiger partial charge in [0.25, 0.3) is 5.91 Å². The Labute approximate surface area is 169 Å². The minimum absolute atomic E-state index is 0.266. The number of hydrogen-bond acceptors (Lipinski definition) is 6. The lowest BCUT2D eigenvalue weighted by molar-refractivity contribution is -0.149. The van der Waals surface area contributed by atoms with Gasteiger partial charge in [0, 0.05) is 18.2 Å². The number of fused-ring (bicyclic) bond motifs is 1. The monoisotopic (exact) mass is 399 g/mol. The van der Waals surface area contributed by atoms with E-state index in [0.29, 0.717) is 42.1 Å². The van der Waals surface area contributed by atoms with Gasteiger partial charge in [-0.3, -0.25) is 4.79 Å². The van der Waals surface area contributed by atoms with Crippen molar-refractivity contribution >= 4 is 17.6 Å². The molecular weight excluding hydrogens is 374 g/mol. The highest BCUT2D eigenvalue weighted by molar-refractivity contribution is 5.93. The molecule has 2 aromatic rings. The maximum absolute atomic E-state index is 12.0. The molecule has 0 saturated heterocycles. The van der Waals surface area contributed by atoms with Gasteiger partial charge in [-0.25, -0.2) is 4.79 Å². The normalized spacial score (nSPS) is 12.8. The quantitative estimate of drug-likeness (QED) is 0.717. The third kappa shape index (κ3) is 6.14. The van der Waals surface area contributed by atoms with Gasteiger partial charge in [0.2, 0.25) is 0 Å². The summed E-state index contributed by atoms with van der Waals surface area (Å²) in [5.74, 6) is 1.15. The molecule has 0 fully saturated rings. The number of rotatable bonds is 7. The maximum Gasteiger partial charge on any atom is 0.344 e. The average Bonchev–Trinajstić information content (AvgIpc) is 2.96. The minimum Gasteiger partial charge on any atom is -0.490 e. The van der Waals surface area contributed by atoms with Gasteiger partial charge in [-0.2, -0.15) is 0 Å². The topological polar surface area (TPSA) is 83.1 Å². The Hall–Kier alpha value is -3.22. The van der Waals surface area contributed by atoms with Gasteiger partial charge in [-0.15, -0.1) is 0 Å². The van der Waals surface area contributed by atoms with Crippen LogP contribution in [0, 0.1) is 0 Å². The van der Waals surface area contributed by atoms with Crippen LogP contribution in [0.3, 0.4) is 0 Å². The Morgan fingerprint density at radius 2 is 1.72 bits per heavy atom. The van der Waals surface area contributed by atoms with E-state index < -0.39 is 18.5 Å². The summed E-state index contributed by atoms with van der Waals surface area (Å²) >= 11 is 0. The Balaban J connectivity index is 1.42. The fourth-order valence-electron chi connectivity index (χ4n) is 2.72. The molecule has 7 nitrogen and oxygen atoms in total. The summed E-state index contributed by atoms with van der Waals surface area (Å²) in [5.41, 5.74) is 1.73. The van der Waals surface area contributed by atoms with E-state index in [1.54, 1.807) is 30.3 Å². The molecule has 1 aliphatic rings. The van der Waals surface area contributed by atoms with Crippen molar-refractivity contribution in [1.82, 2.24) is 0 Å². The van der Waals surface area contributed by atoms with Crippen LogP contribution in [0.25, 0.3) is 0 Å². The Bertz CT molecular complexity index is 847. The van der Waals surface area contributed by atoms with Crippen molar-refractivity contribution in [2.75, 3.05) is 31.7 Å². The van der Waals surface area contributed by atoms with Gasteiger partial charge < -0.3 is 24.3 Å². The lowest BCUT2D eigenvalue weighted by Crippen LogP contribution is -2.23. The molecule has 1 amide bonds. The second-order valence-electron chi connectivity index (χ2n) is 6.93. The zero-order chi connectivity index (χ0) is 20.6. The van der Waals surface area contributed by atoms with Crippen molar-refractivity contribution in [3.8, 4) is 17.2 Å². The first-order valence-electron chi connectivity index (χ1n) is 9.59. The summed E-state index contributed by atoms with van der Waals surface area (Å²) in [6.45, 7) is 4.69. The highest BCUT2D eigenvalue weighted by Gasteiger charge is 2.13. The third-order valence-corrected chi connectivity index (χ3v) is 4.30. The summed E-state index contributed by atoms with van der Waals surface area (Å²) in [7, 11) is 0. The van der Waals surface area contributed by atoms with Gasteiger partial charge in [0.15, 0.2) is 24.7 Å². The first kappa shape index (κ1) is 20.5. The fourth-order valence-corrected chi connectivity index (χ4v) is 2.72.